The fourth-order valence-corrected chi connectivity index (χ4v) is 1.89. The second-order valence-corrected chi connectivity index (χ2v) is 4.67. The molecule has 0 radical (unpaired) electrons. The van der Waals surface area contributed by atoms with Crippen LogP contribution in [0.3, 0.4) is 0 Å². The Morgan fingerprint density at radius 3 is 2.61 bits per heavy atom. The molecule has 1 atom stereocenters. The molecule has 106 valence electrons. The molecule has 1 unspecified atom stereocenters. The Kier molecular flexibility index (Phi) is 5.40. The van der Waals surface area contributed by atoms with Crippen LogP contribution in [0.5, 0.6) is 0 Å². The quantitative estimate of drug-likeness (QED) is 0.713. The predicted molar refractivity (Wildman–Crippen MR) is 58.2 cm³/mol. The molecule has 0 bridgehead atoms. The second kappa shape index (κ2) is 6.38. The van der Waals surface area contributed by atoms with E-state index in [0.29, 0.717) is 26.1 Å². The van der Waals surface area contributed by atoms with E-state index in [4.69, 9.17) is 5.11 Å². The van der Waals surface area contributed by atoms with Crippen LogP contribution in [0.2, 0.25) is 0 Å². The van der Waals surface area contributed by atoms with Gasteiger partial charge in [-0.25, -0.2) is 0 Å². The number of halogens is 3. The van der Waals surface area contributed by atoms with Gasteiger partial charge in [0.05, 0.1) is 5.92 Å². The van der Waals surface area contributed by atoms with Crippen molar-refractivity contribution >= 4 is 5.97 Å². The van der Waals surface area contributed by atoms with Crippen molar-refractivity contribution in [1.29, 1.82) is 0 Å². The maximum atomic E-state index is 11.7. The van der Waals surface area contributed by atoms with Gasteiger partial charge in [-0.3, -0.25) is 4.79 Å². The molecule has 1 fully saturated rings. The lowest BCUT2D eigenvalue weighted by Crippen LogP contribution is -2.51. The van der Waals surface area contributed by atoms with Crippen LogP contribution in [0.1, 0.15) is 13.3 Å². The number of nitrogens with zero attached hydrogens (tertiary/aromatic N) is 1. The topological polar surface area (TPSA) is 49.8 Å². The highest BCUT2D eigenvalue weighted by Gasteiger charge is 2.34. The number of aliphatic carboxylic acids is 1. The molecule has 0 amide bonds. The van der Waals surface area contributed by atoms with Crippen molar-refractivity contribution in [2.45, 2.75) is 19.5 Å². The van der Waals surface area contributed by atoms with Crippen molar-refractivity contribution in [3.05, 3.63) is 0 Å². The van der Waals surface area contributed by atoms with Gasteiger partial charge in [0.25, 0.3) is 0 Å². The van der Waals surface area contributed by atoms with Gasteiger partial charge in [0.1, 0.15) is 6.61 Å². The SMILES string of the molecule is CC(C(=O)O)C1CN(CCCOCC(F)(F)F)C1. The van der Waals surface area contributed by atoms with E-state index in [2.05, 4.69) is 4.74 Å². The van der Waals surface area contributed by atoms with E-state index < -0.39 is 18.8 Å². The third-order valence-corrected chi connectivity index (χ3v) is 3.11. The minimum Gasteiger partial charge on any atom is -0.481 e. The summed E-state index contributed by atoms with van der Waals surface area (Å²) in [5, 5.41) is 8.78. The molecule has 1 saturated heterocycles. The maximum Gasteiger partial charge on any atom is 0.411 e. The zero-order valence-corrected chi connectivity index (χ0v) is 10.2. The van der Waals surface area contributed by atoms with Crippen LogP contribution in [0, 0.1) is 11.8 Å². The molecule has 0 saturated carbocycles. The lowest BCUT2D eigenvalue weighted by molar-refractivity contribution is -0.174. The summed E-state index contributed by atoms with van der Waals surface area (Å²) in [6.45, 7) is 2.61. The van der Waals surface area contributed by atoms with Gasteiger partial charge in [0, 0.05) is 26.2 Å². The number of rotatable bonds is 7. The van der Waals surface area contributed by atoms with Gasteiger partial charge in [-0.2, -0.15) is 13.2 Å². The first kappa shape index (κ1) is 15.2. The number of likely N-dealkylation sites (tertiary alicyclic amines) is 1. The Balaban J connectivity index is 1.99. The minimum atomic E-state index is -4.27. The average molecular weight is 269 g/mol. The van der Waals surface area contributed by atoms with Crippen molar-refractivity contribution in [3.8, 4) is 0 Å². The molecule has 4 nitrogen and oxygen atoms in total. The number of alkyl halides is 3. The Bertz CT molecular complexity index is 277. The number of hydrogen-bond acceptors (Lipinski definition) is 3. The number of carbonyl (C=O) groups is 1. The predicted octanol–water partition coefficient (Wildman–Crippen LogP) is 1.61. The molecule has 1 rings (SSSR count). The molecular weight excluding hydrogens is 251 g/mol. The number of ether oxygens (including phenoxy) is 1. The lowest BCUT2D eigenvalue weighted by Gasteiger charge is -2.41. The van der Waals surface area contributed by atoms with Crippen LogP contribution >= 0.6 is 0 Å². The summed E-state index contributed by atoms with van der Waals surface area (Å²) in [7, 11) is 0. The highest BCUT2D eigenvalue weighted by molar-refractivity contribution is 5.70. The molecule has 0 aromatic heterocycles. The van der Waals surface area contributed by atoms with Crippen LogP contribution < -0.4 is 0 Å². The van der Waals surface area contributed by atoms with Gasteiger partial charge in [0.2, 0.25) is 0 Å². The Morgan fingerprint density at radius 1 is 1.50 bits per heavy atom. The molecule has 7 heteroatoms. The maximum absolute atomic E-state index is 11.7. The van der Waals surface area contributed by atoms with Crippen molar-refractivity contribution < 1.29 is 27.8 Å². The van der Waals surface area contributed by atoms with E-state index in [0.717, 1.165) is 0 Å². The molecule has 0 aliphatic carbocycles. The first-order valence-electron chi connectivity index (χ1n) is 5.89. The normalized spacial score (nSPS) is 19.6. The Morgan fingerprint density at radius 2 is 2.11 bits per heavy atom. The molecule has 18 heavy (non-hydrogen) atoms. The van der Waals surface area contributed by atoms with Crippen molar-refractivity contribution in [1.82, 2.24) is 4.90 Å². The van der Waals surface area contributed by atoms with Gasteiger partial charge in [-0.05, 0) is 12.3 Å². The molecule has 0 aromatic rings. The van der Waals surface area contributed by atoms with Crippen molar-refractivity contribution in [2.24, 2.45) is 11.8 Å². The van der Waals surface area contributed by atoms with Gasteiger partial charge in [-0.1, -0.05) is 6.92 Å². The molecular formula is C11H18F3NO3. The van der Waals surface area contributed by atoms with Gasteiger partial charge in [0.15, 0.2) is 0 Å². The average Bonchev–Trinajstić information content (AvgIpc) is 2.17. The third kappa shape index (κ3) is 5.22. The van der Waals surface area contributed by atoms with E-state index in [1.54, 1.807) is 6.92 Å². The summed E-state index contributed by atoms with van der Waals surface area (Å²) in [6.07, 6.45) is -3.73. The minimum absolute atomic E-state index is 0.0785. The highest BCUT2D eigenvalue weighted by atomic mass is 19.4. The fourth-order valence-electron chi connectivity index (χ4n) is 1.89. The van der Waals surface area contributed by atoms with E-state index in [1.807, 2.05) is 4.90 Å². The molecule has 0 spiro atoms. The number of carboxylic acid groups (broad SMARTS) is 1. The van der Waals surface area contributed by atoms with Crippen molar-refractivity contribution in [2.75, 3.05) is 32.8 Å². The zero-order chi connectivity index (χ0) is 13.8. The summed E-state index contributed by atoms with van der Waals surface area (Å²) in [5.41, 5.74) is 0. The van der Waals surface area contributed by atoms with E-state index in [-0.39, 0.29) is 18.4 Å². The zero-order valence-electron chi connectivity index (χ0n) is 10.2. The van der Waals surface area contributed by atoms with Gasteiger partial charge in [-0.15, -0.1) is 0 Å². The number of carboxylic acids is 1. The van der Waals surface area contributed by atoms with Crippen LogP contribution in [0.25, 0.3) is 0 Å². The monoisotopic (exact) mass is 269 g/mol. The van der Waals surface area contributed by atoms with Crippen LogP contribution in [0.15, 0.2) is 0 Å². The van der Waals surface area contributed by atoms with E-state index in [1.165, 1.54) is 0 Å². The summed E-state index contributed by atoms with van der Waals surface area (Å²) in [5.74, 6) is -1.01. The summed E-state index contributed by atoms with van der Waals surface area (Å²) in [4.78, 5) is 12.7. The summed E-state index contributed by atoms with van der Waals surface area (Å²) in [6, 6.07) is 0. The fraction of sp³-hybridized carbons (Fsp3) is 0.909. The standard InChI is InChI=1S/C11H18F3NO3/c1-8(10(16)17)9-5-15(6-9)3-2-4-18-7-11(12,13)14/h8-9H,2-7H2,1H3,(H,16,17). The van der Waals surface area contributed by atoms with Crippen LogP contribution in [-0.4, -0.2) is 55.0 Å². The van der Waals surface area contributed by atoms with Crippen molar-refractivity contribution in [3.63, 3.8) is 0 Å². The van der Waals surface area contributed by atoms with E-state index in [9.17, 15) is 18.0 Å². The third-order valence-electron chi connectivity index (χ3n) is 3.11. The number of hydrogen-bond donors (Lipinski definition) is 1. The molecule has 1 heterocycles. The molecule has 1 aliphatic rings. The molecule has 0 aromatic carbocycles. The summed E-state index contributed by atoms with van der Waals surface area (Å²) >= 11 is 0. The molecule has 1 aliphatic heterocycles. The second-order valence-electron chi connectivity index (χ2n) is 4.67. The van der Waals surface area contributed by atoms with E-state index >= 15 is 0 Å². The summed E-state index contributed by atoms with van der Waals surface area (Å²) < 4.78 is 39.7. The van der Waals surface area contributed by atoms with Crippen LogP contribution in [-0.2, 0) is 9.53 Å². The molecule has 1 N–H and O–H groups in total. The first-order chi connectivity index (χ1) is 8.29. The van der Waals surface area contributed by atoms with Crippen LogP contribution in [0.4, 0.5) is 13.2 Å². The van der Waals surface area contributed by atoms with Gasteiger partial charge < -0.3 is 14.7 Å². The lowest BCUT2D eigenvalue weighted by atomic mass is 9.87. The highest BCUT2D eigenvalue weighted by Crippen LogP contribution is 2.24. The Labute approximate surface area is 104 Å². The van der Waals surface area contributed by atoms with Gasteiger partial charge >= 0.3 is 12.1 Å². The first-order valence-corrected chi connectivity index (χ1v) is 5.89. The Hall–Kier alpha value is -0.820. The largest absolute Gasteiger partial charge is 0.481 e. The smallest absolute Gasteiger partial charge is 0.411 e.